The van der Waals surface area contributed by atoms with Gasteiger partial charge in [-0.25, -0.2) is 9.45 Å². The lowest BCUT2D eigenvalue weighted by molar-refractivity contribution is -0.163. The topological polar surface area (TPSA) is 151 Å². The van der Waals surface area contributed by atoms with E-state index in [9.17, 15) is 39.9 Å². The number of ether oxygens (including phenoxy) is 1. The first-order chi connectivity index (χ1) is 13.0. The van der Waals surface area contributed by atoms with Crippen molar-refractivity contribution < 1.29 is 44.7 Å². The number of fused-ring (bicyclic) bond motifs is 1. The minimum Gasteiger partial charge on any atom is -0.508 e. The normalized spacial score (nSPS) is 18.1. The summed E-state index contributed by atoms with van der Waals surface area (Å²) in [4.78, 5) is 12.0. The van der Waals surface area contributed by atoms with E-state index in [-0.39, 0.29) is 27.7 Å². The Kier molecular flexibility index (Phi) is 4.53. The molecule has 2 aromatic carbocycles. The summed E-state index contributed by atoms with van der Waals surface area (Å²) in [5.74, 6) is -5.33. The second-order valence-electron chi connectivity index (χ2n) is 6.29. The number of carbonyl (C=O) groups excluding carboxylic acids is 1. The molecule has 2 aromatic rings. The third-order valence-corrected chi connectivity index (χ3v) is 4.20. The number of halogens is 1. The maximum Gasteiger partial charge on any atom is 0.249 e. The molecule has 0 bridgehead atoms. The highest BCUT2D eigenvalue weighted by Gasteiger charge is 2.41. The summed E-state index contributed by atoms with van der Waals surface area (Å²) < 4.78 is 19.3. The molecule has 9 nitrogen and oxygen atoms in total. The number of rotatable bonds is 3. The van der Waals surface area contributed by atoms with Gasteiger partial charge in [-0.1, -0.05) is 0 Å². The van der Waals surface area contributed by atoms with E-state index in [1.165, 1.54) is 0 Å². The van der Waals surface area contributed by atoms with E-state index in [1.807, 2.05) is 0 Å². The molecule has 1 heterocycles. The lowest BCUT2D eigenvalue weighted by Gasteiger charge is -2.33. The van der Waals surface area contributed by atoms with E-state index in [0.29, 0.717) is 0 Å². The first kappa shape index (κ1) is 19.3. The van der Waals surface area contributed by atoms with Crippen LogP contribution in [0, 0.1) is 5.82 Å². The predicted molar refractivity (Wildman–Crippen MR) is 91.2 cm³/mol. The Balaban J connectivity index is 2.19. The summed E-state index contributed by atoms with van der Waals surface area (Å²) in [6, 6.07) is 3.75. The first-order valence-electron chi connectivity index (χ1n) is 7.88. The van der Waals surface area contributed by atoms with Gasteiger partial charge in [0.05, 0.1) is 12.0 Å². The fourth-order valence-electron chi connectivity index (χ4n) is 2.89. The number of aromatic hydroxyl groups is 4. The molecule has 1 atom stereocenters. The fourth-order valence-corrected chi connectivity index (χ4v) is 2.89. The summed E-state index contributed by atoms with van der Waals surface area (Å²) >= 11 is 0. The van der Waals surface area contributed by atoms with E-state index >= 15 is 0 Å². The lowest BCUT2D eigenvalue weighted by atomic mass is 9.85. The Labute approximate surface area is 157 Å². The number of phenolic OH excluding ortho intramolecular Hbond substituents is 4. The van der Waals surface area contributed by atoms with Gasteiger partial charge in [0.2, 0.25) is 5.91 Å². The van der Waals surface area contributed by atoms with Crippen molar-refractivity contribution >= 4 is 11.7 Å². The van der Waals surface area contributed by atoms with Crippen molar-refractivity contribution in [3.63, 3.8) is 0 Å². The minimum atomic E-state index is -2.21. The maximum atomic E-state index is 13.8. The fraction of sp³-hybridized carbons (Fsp3) is 0.167. The van der Waals surface area contributed by atoms with Gasteiger partial charge in [0.15, 0.2) is 17.3 Å². The van der Waals surface area contributed by atoms with E-state index in [4.69, 9.17) is 4.74 Å². The van der Waals surface area contributed by atoms with E-state index < -0.39 is 46.7 Å². The Morgan fingerprint density at radius 3 is 2.43 bits per heavy atom. The average Bonchev–Trinajstić information content (AvgIpc) is 2.57. The maximum absolute atomic E-state index is 13.8. The molecular formula is C18H16FNO8. The number of aliphatic hydroxyl groups is 1. The van der Waals surface area contributed by atoms with Crippen molar-refractivity contribution in [2.24, 2.45) is 0 Å². The molecule has 10 heteroatoms. The number of phenols is 4. The second kappa shape index (κ2) is 6.59. The molecular weight excluding hydrogens is 377 g/mol. The monoisotopic (exact) mass is 393 g/mol. The number of hydrogen-bond donors (Lipinski definition) is 6. The van der Waals surface area contributed by atoms with E-state index in [1.54, 1.807) is 0 Å². The van der Waals surface area contributed by atoms with Crippen molar-refractivity contribution in [1.82, 2.24) is 5.06 Å². The SMILES string of the molecule is CN(O)C(=O)CC1(O)C=C(c2cc(O)c(O)c(F)c2)Oc2cc(O)cc(O)c21. The molecule has 1 unspecified atom stereocenters. The lowest BCUT2D eigenvalue weighted by Crippen LogP contribution is -2.35. The predicted octanol–water partition coefficient (Wildman–Crippen LogP) is 1.51. The molecule has 0 spiro atoms. The third-order valence-electron chi connectivity index (χ3n) is 4.20. The van der Waals surface area contributed by atoms with Crippen LogP contribution in [0.2, 0.25) is 0 Å². The summed E-state index contributed by atoms with van der Waals surface area (Å²) in [5, 5.41) is 59.5. The molecule has 0 aromatic heterocycles. The molecule has 0 saturated heterocycles. The second-order valence-corrected chi connectivity index (χ2v) is 6.29. The molecule has 0 saturated carbocycles. The Morgan fingerprint density at radius 1 is 1.14 bits per heavy atom. The van der Waals surface area contributed by atoms with Gasteiger partial charge in [0.25, 0.3) is 0 Å². The van der Waals surface area contributed by atoms with Crippen LogP contribution in [-0.4, -0.2) is 48.8 Å². The first-order valence-corrected chi connectivity index (χ1v) is 7.88. The van der Waals surface area contributed by atoms with Crippen LogP contribution in [0.3, 0.4) is 0 Å². The van der Waals surface area contributed by atoms with Crippen LogP contribution in [0.4, 0.5) is 4.39 Å². The molecule has 28 heavy (non-hydrogen) atoms. The number of hydrogen-bond acceptors (Lipinski definition) is 8. The summed E-state index contributed by atoms with van der Waals surface area (Å²) in [5.41, 5.74) is -2.57. The highest BCUT2D eigenvalue weighted by atomic mass is 19.1. The van der Waals surface area contributed by atoms with Crippen LogP contribution in [0.1, 0.15) is 17.5 Å². The van der Waals surface area contributed by atoms with Crippen LogP contribution >= 0.6 is 0 Å². The highest BCUT2D eigenvalue weighted by molar-refractivity contribution is 5.80. The third kappa shape index (κ3) is 3.26. The number of nitrogens with zero attached hydrogens (tertiary/aromatic N) is 1. The zero-order valence-corrected chi connectivity index (χ0v) is 14.4. The number of hydroxylamine groups is 2. The van der Waals surface area contributed by atoms with Gasteiger partial charge in [-0.3, -0.25) is 10.0 Å². The largest absolute Gasteiger partial charge is 0.508 e. The molecule has 1 amide bonds. The molecule has 0 radical (unpaired) electrons. The van der Waals surface area contributed by atoms with Crippen molar-refractivity contribution in [1.29, 1.82) is 0 Å². The molecule has 1 aliphatic rings. The summed E-state index contributed by atoms with van der Waals surface area (Å²) in [6.45, 7) is 0. The van der Waals surface area contributed by atoms with E-state index in [2.05, 4.69) is 0 Å². The van der Waals surface area contributed by atoms with Crippen molar-refractivity contribution in [2.45, 2.75) is 12.0 Å². The van der Waals surface area contributed by atoms with Crippen molar-refractivity contribution in [3.05, 3.63) is 47.3 Å². The minimum absolute atomic E-state index is 0.107. The smallest absolute Gasteiger partial charge is 0.249 e. The molecule has 0 aliphatic carbocycles. The summed E-state index contributed by atoms with van der Waals surface area (Å²) in [7, 11) is 1.04. The number of amides is 1. The Hall–Kier alpha value is -3.50. The molecule has 0 fully saturated rings. The van der Waals surface area contributed by atoms with Crippen LogP contribution in [0.5, 0.6) is 28.7 Å². The van der Waals surface area contributed by atoms with Crippen LogP contribution < -0.4 is 4.74 Å². The van der Waals surface area contributed by atoms with Crippen LogP contribution in [0.25, 0.3) is 5.76 Å². The highest BCUT2D eigenvalue weighted by Crippen LogP contribution is 2.48. The van der Waals surface area contributed by atoms with Gasteiger partial charge in [-0.15, -0.1) is 0 Å². The van der Waals surface area contributed by atoms with Gasteiger partial charge in [-0.2, -0.15) is 0 Å². The molecule has 3 rings (SSSR count). The molecule has 6 N–H and O–H groups in total. The van der Waals surface area contributed by atoms with Crippen molar-refractivity contribution in [2.75, 3.05) is 7.05 Å². The van der Waals surface area contributed by atoms with Crippen molar-refractivity contribution in [3.8, 4) is 28.7 Å². The molecule has 148 valence electrons. The summed E-state index contributed by atoms with van der Waals surface area (Å²) in [6.07, 6.45) is 0.253. The number of carbonyl (C=O) groups is 1. The average molecular weight is 393 g/mol. The Bertz CT molecular complexity index is 980. The quantitative estimate of drug-likeness (QED) is 0.261. The zero-order chi connectivity index (χ0) is 20.8. The van der Waals surface area contributed by atoms with Gasteiger partial charge in [0, 0.05) is 24.7 Å². The van der Waals surface area contributed by atoms with Gasteiger partial charge in [-0.05, 0) is 18.2 Å². The number of benzene rings is 2. The van der Waals surface area contributed by atoms with Crippen LogP contribution in [0.15, 0.2) is 30.3 Å². The van der Waals surface area contributed by atoms with Crippen LogP contribution in [-0.2, 0) is 10.4 Å². The van der Waals surface area contributed by atoms with Gasteiger partial charge in [0.1, 0.15) is 28.6 Å². The van der Waals surface area contributed by atoms with Gasteiger partial charge < -0.3 is 30.3 Å². The van der Waals surface area contributed by atoms with E-state index in [0.717, 1.165) is 37.4 Å². The Morgan fingerprint density at radius 2 is 1.82 bits per heavy atom. The zero-order valence-electron chi connectivity index (χ0n) is 14.4. The standard InChI is InChI=1S/C18H16FNO8/c1-20(27)15(24)7-18(26)6-14(8-2-10(19)17(25)12(23)3-8)28-13-5-9(21)4-11(22)16(13)18/h2-6,21-23,25-27H,7H2,1H3. The molecule has 1 aliphatic heterocycles. The van der Waals surface area contributed by atoms with Gasteiger partial charge >= 0.3 is 0 Å².